The van der Waals surface area contributed by atoms with Gasteiger partial charge in [-0.1, -0.05) is 11.8 Å². The summed E-state index contributed by atoms with van der Waals surface area (Å²) in [5, 5.41) is -0.229. The molecule has 10 heteroatoms. The Labute approximate surface area is 156 Å². The minimum absolute atomic E-state index is 0.00180. The fraction of sp³-hybridized carbons (Fsp3) is 0.688. The van der Waals surface area contributed by atoms with Crippen molar-refractivity contribution in [3.05, 3.63) is 0 Å². The van der Waals surface area contributed by atoms with Crippen LogP contribution in [0, 0.1) is 0 Å². The van der Waals surface area contributed by atoms with E-state index in [0.29, 0.717) is 0 Å². The second kappa shape index (κ2) is 12.3. The van der Waals surface area contributed by atoms with E-state index in [9.17, 15) is 24.0 Å². The molecule has 0 bridgehead atoms. The summed E-state index contributed by atoms with van der Waals surface area (Å²) in [6.45, 7) is 5.92. The van der Waals surface area contributed by atoms with E-state index in [2.05, 4.69) is 0 Å². The number of rotatable bonds is 10. The Morgan fingerprint density at radius 1 is 0.731 bits per heavy atom. The molecule has 148 valence electrons. The van der Waals surface area contributed by atoms with Crippen LogP contribution in [0.5, 0.6) is 0 Å². The lowest BCUT2D eigenvalue weighted by Gasteiger charge is -2.31. The third-order valence-corrected chi connectivity index (χ3v) is 3.73. The molecule has 3 atom stereocenters. The zero-order valence-corrected chi connectivity index (χ0v) is 16.3. The van der Waals surface area contributed by atoms with Crippen LogP contribution in [0.1, 0.15) is 41.0 Å². The Kier molecular flexibility index (Phi) is 11.3. The molecular formula is C16H24O9S. The van der Waals surface area contributed by atoms with Crippen LogP contribution in [-0.2, 0) is 42.9 Å². The highest BCUT2D eigenvalue weighted by atomic mass is 32.2. The first kappa shape index (κ1) is 23.9. The van der Waals surface area contributed by atoms with Gasteiger partial charge in [0.05, 0.1) is 6.61 Å². The summed E-state index contributed by atoms with van der Waals surface area (Å²) in [5.41, 5.74) is 0. The van der Waals surface area contributed by atoms with E-state index >= 15 is 0 Å². The van der Waals surface area contributed by atoms with Gasteiger partial charge in [0.1, 0.15) is 6.10 Å². The van der Waals surface area contributed by atoms with Crippen molar-refractivity contribution in [3.63, 3.8) is 0 Å². The Hall–Kier alpha value is -2.10. The predicted octanol–water partition coefficient (Wildman–Crippen LogP) is 1.01. The molecule has 0 saturated carbocycles. The molecule has 0 fully saturated rings. The maximum Gasteiger partial charge on any atom is 0.303 e. The van der Waals surface area contributed by atoms with Crippen LogP contribution < -0.4 is 0 Å². The van der Waals surface area contributed by atoms with Crippen molar-refractivity contribution in [2.24, 2.45) is 0 Å². The molecule has 0 aliphatic rings. The molecule has 0 spiro atoms. The first-order valence-corrected chi connectivity index (χ1v) is 8.79. The monoisotopic (exact) mass is 392 g/mol. The third kappa shape index (κ3) is 11.5. The van der Waals surface area contributed by atoms with Crippen LogP contribution in [0.15, 0.2) is 0 Å². The number of ether oxygens (including phenoxy) is 4. The van der Waals surface area contributed by atoms with Crippen LogP contribution in [0.3, 0.4) is 0 Å². The van der Waals surface area contributed by atoms with Gasteiger partial charge in [-0.05, 0) is 0 Å². The molecule has 26 heavy (non-hydrogen) atoms. The molecular weight excluding hydrogens is 368 g/mol. The van der Waals surface area contributed by atoms with Gasteiger partial charge in [0, 0.05) is 46.8 Å². The molecule has 0 saturated heterocycles. The van der Waals surface area contributed by atoms with Crippen molar-refractivity contribution in [1.82, 2.24) is 0 Å². The smallest absolute Gasteiger partial charge is 0.303 e. The normalized spacial score (nSPS) is 13.7. The summed E-state index contributed by atoms with van der Waals surface area (Å²) in [6, 6.07) is 0. The van der Waals surface area contributed by atoms with Crippen molar-refractivity contribution >= 4 is 40.8 Å². The van der Waals surface area contributed by atoms with E-state index in [1.807, 2.05) is 0 Å². The first-order chi connectivity index (χ1) is 12.0. The zero-order valence-electron chi connectivity index (χ0n) is 15.4. The second-order valence-corrected chi connectivity index (χ2v) is 6.50. The van der Waals surface area contributed by atoms with Gasteiger partial charge < -0.3 is 18.9 Å². The molecule has 0 rings (SSSR count). The summed E-state index contributed by atoms with van der Waals surface area (Å²) in [7, 11) is 0. The van der Waals surface area contributed by atoms with Gasteiger partial charge in [0.15, 0.2) is 17.3 Å². The highest BCUT2D eigenvalue weighted by Crippen LogP contribution is 2.20. The Balaban J connectivity index is 5.51. The number of hydrogen-bond donors (Lipinski definition) is 0. The van der Waals surface area contributed by atoms with Crippen molar-refractivity contribution < 1.29 is 42.9 Å². The van der Waals surface area contributed by atoms with Crippen molar-refractivity contribution in [2.75, 3.05) is 12.4 Å². The highest BCUT2D eigenvalue weighted by Gasteiger charge is 2.37. The maximum atomic E-state index is 11.5. The van der Waals surface area contributed by atoms with Crippen LogP contribution in [0.25, 0.3) is 0 Å². The largest absolute Gasteiger partial charge is 0.466 e. The first-order valence-electron chi connectivity index (χ1n) is 7.81. The molecule has 0 heterocycles. The molecule has 0 radical (unpaired) electrons. The SMILES string of the molecule is CC(=O)OCC[C@@H](OC(C)=O)[C@H](OC(C)=O)[C@@H](CSC(C)=O)OC(C)=O. The fourth-order valence-corrected chi connectivity index (χ4v) is 2.67. The van der Waals surface area contributed by atoms with Crippen molar-refractivity contribution in [1.29, 1.82) is 0 Å². The predicted molar refractivity (Wildman–Crippen MR) is 91.1 cm³/mol. The van der Waals surface area contributed by atoms with Crippen LogP contribution in [0.4, 0.5) is 0 Å². The Morgan fingerprint density at radius 3 is 1.65 bits per heavy atom. The van der Waals surface area contributed by atoms with Crippen LogP contribution in [-0.4, -0.2) is 59.7 Å². The molecule has 0 aromatic carbocycles. The van der Waals surface area contributed by atoms with Gasteiger partial charge in [-0.3, -0.25) is 24.0 Å². The average molecular weight is 392 g/mol. The molecule has 0 aliphatic carbocycles. The van der Waals surface area contributed by atoms with Crippen LogP contribution >= 0.6 is 11.8 Å². The number of esters is 4. The molecule has 0 N–H and O–H groups in total. The molecule has 0 aromatic heterocycles. The van der Waals surface area contributed by atoms with Gasteiger partial charge in [-0.15, -0.1) is 0 Å². The van der Waals surface area contributed by atoms with Crippen molar-refractivity contribution in [3.8, 4) is 0 Å². The summed E-state index contributed by atoms with van der Waals surface area (Å²) in [4.78, 5) is 56.5. The van der Waals surface area contributed by atoms with E-state index in [0.717, 1.165) is 32.5 Å². The van der Waals surface area contributed by atoms with E-state index < -0.39 is 42.2 Å². The van der Waals surface area contributed by atoms with Crippen molar-refractivity contribution in [2.45, 2.75) is 59.4 Å². The molecule has 0 aliphatic heterocycles. The zero-order chi connectivity index (χ0) is 20.3. The van der Waals surface area contributed by atoms with E-state index in [1.54, 1.807) is 0 Å². The molecule has 9 nitrogen and oxygen atoms in total. The summed E-state index contributed by atoms with van der Waals surface area (Å²) in [6.07, 6.45) is -3.22. The van der Waals surface area contributed by atoms with E-state index in [4.69, 9.17) is 18.9 Å². The second-order valence-electron chi connectivity index (χ2n) is 5.30. The van der Waals surface area contributed by atoms with Crippen LogP contribution in [0.2, 0.25) is 0 Å². The topological polar surface area (TPSA) is 122 Å². The minimum Gasteiger partial charge on any atom is -0.466 e. The lowest BCUT2D eigenvalue weighted by Crippen LogP contribution is -2.47. The van der Waals surface area contributed by atoms with E-state index in [1.165, 1.54) is 13.8 Å². The quantitative estimate of drug-likeness (QED) is 0.393. The summed E-state index contributed by atoms with van der Waals surface area (Å²) in [5.74, 6) is -2.53. The fourth-order valence-electron chi connectivity index (χ4n) is 2.01. The minimum atomic E-state index is -1.16. The third-order valence-electron chi connectivity index (χ3n) is 2.83. The highest BCUT2D eigenvalue weighted by molar-refractivity contribution is 8.13. The van der Waals surface area contributed by atoms with E-state index in [-0.39, 0.29) is 23.9 Å². The molecule has 0 amide bonds. The summed E-state index contributed by atoms with van der Waals surface area (Å²) < 4.78 is 20.4. The number of carbonyl (C=O) groups is 5. The molecule has 0 aromatic rings. The van der Waals surface area contributed by atoms with Gasteiger partial charge >= 0.3 is 23.9 Å². The number of hydrogen-bond acceptors (Lipinski definition) is 10. The van der Waals surface area contributed by atoms with Gasteiger partial charge in [0.2, 0.25) is 0 Å². The Morgan fingerprint density at radius 2 is 1.23 bits per heavy atom. The lowest BCUT2D eigenvalue weighted by atomic mass is 10.1. The van der Waals surface area contributed by atoms with Gasteiger partial charge in [0.25, 0.3) is 0 Å². The Bertz CT molecular complexity index is 532. The average Bonchev–Trinajstić information content (AvgIpc) is 2.46. The standard InChI is InChI=1S/C16H24O9S/c1-9(17)22-7-6-14(23-10(2)18)16(25-12(4)20)15(24-11(3)19)8-26-13(5)21/h14-16H,6-8H2,1-5H3/t14-,15-,16+/m1/s1. The maximum absolute atomic E-state index is 11.5. The lowest BCUT2D eigenvalue weighted by molar-refractivity contribution is -0.182. The number of carbonyl (C=O) groups excluding carboxylic acids is 5. The molecule has 0 unspecified atom stereocenters. The number of thioether (sulfide) groups is 1. The van der Waals surface area contributed by atoms with Gasteiger partial charge in [-0.25, -0.2) is 0 Å². The van der Waals surface area contributed by atoms with Gasteiger partial charge in [-0.2, -0.15) is 0 Å². The summed E-state index contributed by atoms with van der Waals surface area (Å²) >= 11 is 0.869.